The number of carboxylic acids is 1. The van der Waals surface area contributed by atoms with Crippen LogP contribution in [0.3, 0.4) is 0 Å². The SMILES string of the molecule is O=C(O)CN([C@@H]1CS(=O)(=O)C[C@@H]1O)S(=O)(=O)c1ccc(C2CCCCC2)cc1. The van der Waals surface area contributed by atoms with Gasteiger partial charge in [-0.15, -0.1) is 0 Å². The Morgan fingerprint density at radius 3 is 2.18 bits per heavy atom. The van der Waals surface area contributed by atoms with Crippen molar-refractivity contribution in [2.75, 3.05) is 18.1 Å². The highest BCUT2D eigenvalue weighted by molar-refractivity contribution is 7.92. The van der Waals surface area contributed by atoms with Crippen LogP contribution in [0.25, 0.3) is 0 Å². The molecule has 0 bridgehead atoms. The number of aliphatic carboxylic acids is 1. The van der Waals surface area contributed by atoms with Gasteiger partial charge in [0, 0.05) is 0 Å². The van der Waals surface area contributed by atoms with Gasteiger partial charge >= 0.3 is 5.97 Å². The Bertz CT molecular complexity index is 919. The molecule has 3 rings (SSSR count). The van der Waals surface area contributed by atoms with Crippen LogP contribution in [0.5, 0.6) is 0 Å². The maximum Gasteiger partial charge on any atom is 0.318 e. The minimum absolute atomic E-state index is 0.107. The van der Waals surface area contributed by atoms with Crippen LogP contribution in [0, 0.1) is 0 Å². The quantitative estimate of drug-likeness (QED) is 0.686. The van der Waals surface area contributed by atoms with Gasteiger partial charge < -0.3 is 10.2 Å². The third-order valence-corrected chi connectivity index (χ3v) is 9.10. The van der Waals surface area contributed by atoms with Crippen molar-refractivity contribution in [2.24, 2.45) is 0 Å². The van der Waals surface area contributed by atoms with Crippen LogP contribution < -0.4 is 0 Å². The second kappa shape index (κ2) is 8.10. The zero-order valence-corrected chi connectivity index (χ0v) is 17.0. The summed E-state index contributed by atoms with van der Waals surface area (Å²) in [4.78, 5) is 11.1. The highest BCUT2D eigenvalue weighted by Crippen LogP contribution is 2.33. The number of carbonyl (C=O) groups is 1. The van der Waals surface area contributed by atoms with Gasteiger partial charge in [-0.3, -0.25) is 4.79 Å². The predicted molar refractivity (Wildman–Crippen MR) is 102 cm³/mol. The summed E-state index contributed by atoms with van der Waals surface area (Å²) in [5.41, 5.74) is 1.05. The lowest BCUT2D eigenvalue weighted by Crippen LogP contribution is -2.48. The number of sulfonamides is 1. The van der Waals surface area contributed by atoms with E-state index in [0.29, 0.717) is 10.2 Å². The molecule has 1 aliphatic heterocycles. The third-order valence-electron chi connectivity index (χ3n) is 5.52. The molecule has 1 heterocycles. The number of benzene rings is 1. The Labute approximate surface area is 165 Å². The molecule has 1 aromatic carbocycles. The average Bonchev–Trinajstić information content (AvgIpc) is 2.92. The number of nitrogens with zero attached hydrogens (tertiary/aromatic N) is 1. The van der Waals surface area contributed by atoms with Gasteiger partial charge in [0.1, 0.15) is 6.54 Å². The van der Waals surface area contributed by atoms with Gasteiger partial charge in [0.25, 0.3) is 0 Å². The van der Waals surface area contributed by atoms with E-state index in [4.69, 9.17) is 5.11 Å². The molecule has 1 saturated carbocycles. The summed E-state index contributed by atoms with van der Waals surface area (Å²) in [6.45, 7) is -0.913. The Morgan fingerprint density at radius 1 is 1.07 bits per heavy atom. The molecule has 8 nitrogen and oxygen atoms in total. The van der Waals surface area contributed by atoms with Gasteiger partial charge in [-0.05, 0) is 36.5 Å². The number of hydrogen-bond acceptors (Lipinski definition) is 6. The first-order valence-electron chi connectivity index (χ1n) is 9.32. The van der Waals surface area contributed by atoms with E-state index in [2.05, 4.69) is 0 Å². The molecule has 2 aliphatic rings. The Kier molecular flexibility index (Phi) is 6.14. The average molecular weight is 432 g/mol. The number of aliphatic hydroxyl groups excluding tert-OH is 1. The van der Waals surface area contributed by atoms with Gasteiger partial charge in [-0.25, -0.2) is 16.8 Å². The van der Waals surface area contributed by atoms with E-state index in [1.165, 1.54) is 18.6 Å². The molecule has 156 valence electrons. The first-order chi connectivity index (χ1) is 13.1. The zero-order valence-electron chi connectivity index (χ0n) is 15.4. The molecule has 0 spiro atoms. The number of sulfone groups is 1. The van der Waals surface area contributed by atoms with E-state index >= 15 is 0 Å². The van der Waals surface area contributed by atoms with Crippen molar-refractivity contribution >= 4 is 25.8 Å². The van der Waals surface area contributed by atoms with Crippen molar-refractivity contribution in [1.82, 2.24) is 4.31 Å². The van der Waals surface area contributed by atoms with Gasteiger partial charge in [0.2, 0.25) is 10.0 Å². The van der Waals surface area contributed by atoms with Crippen LogP contribution in [0.1, 0.15) is 43.6 Å². The molecular formula is C18H25NO7S2. The van der Waals surface area contributed by atoms with Gasteiger partial charge in [0.15, 0.2) is 9.84 Å². The van der Waals surface area contributed by atoms with Crippen molar-refractivity contribution in [1.29, 1.82) is 0 Å². The summed E-state index contributed by atoms with van der Waals surface area (Å²) >= 11 is 0. The van der Waals surface area contributed by atoms with Crippen molar-refractivity contribution in [3.63, 3.8) is 0 Å². The molecule has 0 unspecified atom stereocenters. The standard InChI is InChI=1S/C18H25NO7S2/c20-17-12-27(23,24)11-16(17)19(10-18(21)22)28(25,26)15-8-6-14(7-9-15)13-4-2-1-3-5-13/h6-9,13,16-17,20H,1-5,10-12H2,(H,21,22)/t16-,17+/m1/s1. The summed E-state index contributed by atoms with van der Waals surface area (Å²) in [6.07, 6.45) is 4.16. The van der Waals surface area contributed by atoms with Crippen molar-refractivity contribution in [3.05, 3.63) is 29.8 Å². The minimum atomic E-state index is -4.28. The summed E-state index contributed by atoms with van der Waals surface area (Å²) in [5.74, 6) is -2.20. The molecule has 0 aromatic heterocycles. The molecule has 2 N–H and O–H groups in total. The van der Waals surface area contributed by atoms with E-state index in [0.717, 1.165) is 31.2 Å². The summed E-state index contributed by atoms with van der Waals surface area (Å²) < 4.78 is 50.3. The molecule has 0 amide bonds. The fourth-order valence-corrected chi connectivity index (χ4v) is 7.58. The lowest BCUT2D eigenvalue weighted by molar-refractivity contribution is -0.137. The lowest BCUT2D eigenvalue weighted by atomic mass is 9.84. The normalized spacial score (nSPS) is 25.8. The van der Waals surface area contributed by atoms with E-state index in [9.17, 15) is 26.7 Å². The fourth-order valence-electron chi connectivity index (χ4n) is 4.08. The predicted octanol–water partition coefficient (Wildman–Crippen LogP) is 0.968. The Hall–Kier alpha value is -1.49. The molecule has 1 saturated heterocycles. The summed E-state index contributed by atoms with van der Waals surface area (Å²) in [7, 11) is -7.92. The van der Waals surface area contributed by atoms with Crippen LogP contribution in [-0.2, 0) is 24.7 Å². The van der Waals surface area contributed by atoms with Crippen LogP contribution in [0.4, 0.5) is 0 Å². The molecule has 10 heteroatoms. The van der Waals surface area contributed by atoms with E-state index < -0.39 is 56.0 Å². The Morgan fingerprint density at radius 2 is 1.68 bits per heavy atom. The topological polar surface area (TPSA) is 129 Å². The van der Waals surface area contributed by atoms with Gasteiger partial charge in [0.05, 0.1) is 28.5 Å². The smallest absolute Gasteiger partial charge is 0.318 e. The fraction of sp³-hybridized carbons (Fsp3) is 0.611. The highest BCUT2D eigenvalue weighted by atomic mass is 32.2. The van der Waals surface area contributed by atoms with E-state index in [-0.39, 0.29) is 4.90 Å². The molecule has 28 heavy (non-hydrogen) atoms. The highest BCUT2D eigenvalue weighted by Gasteiger charge is 2.45. The van der Waals surface area contributed by atoms with Gasteiger partial charge in [-0.1, -0.05) is 31.4 Å². The summed E-state index contributed by atoms with van der Waals surface area (Å²) in [5, 5.41) is 19.2. The molecular weight excluding hydrogens is 406 g/mol. The van der Waals surface area contributed by atoms with Crippen LogP contribution in [0.15, 0.2) is 29.2 Å². The molecule has 1 aliphatic carbocycles. The second-order valence-corrected chi connectivity index (χ2v) is 11.6. The lowest BCUT2D eigenvalue weighted by Gasteiger charge is -2.28. The number of aliphatic hydroxyl groups is 1. The first kappa shape index (κ1) is 21.2. The van der Waals surface area contributed by atoms with Crippen molar-refractivity contribution < 1.29 is 31.8 Å². The first-order valence-corrected chi connectivity index (χ1v) is 12.6. The van der Waals surface area contributed by atoms with Crippen LogP contribution in [-0.4, -0.2) is 67.5 Å². The van der Waals surface area contributed by atoms with Crippen molar-refractivity contribution in [2.45, 2.75) is 55.1 Å². The number of rotatable bonds is 6. The maximum absolute atomic E-state index is 13.1. The van der Waals surface area contributed by atoms with E-state index in [1.54, 1.807) is 12.1 Å². The third kappa shape index (κ3) is 4.56. The minimum Gasteiger partial charge on any atom is -0.480 e. The molecule has 2 atom stereocenters. The van der Waals surface area contributed by atoms with Crippen LogP contribution >= 0.6 is 0 Å². The largest absolute Gasteiger partial charge is 0.480 e. The monoisotopic (exact) mass is 431 g/mol. The van der Waals surface area contributed by atoms with Crippen LogP contribution in [0.2, 0.25) is 0 Å². The molecule has 2 fully saturated rings. The summed E-state index contributed by atoms with van der Waals surface area (Å²) in [6, 6.07) is 5.03. The second-order valence-electron chi connectivity index (χ2n) is 7.56. The number of hydrogen-bond donors (Lipinski definition) is 2. The maximum atomic E-state index is 13.1. The van der Waals surface area contributed by atoms with E-state index in [1.807, 2.05) is 0 Å². The zero-order chi connectivity index (χ0) is 20.5. The van der Waals surface area contributed by atoms with Gasteiger partial charge in [-0.2, -0.15) is 4.31 Å². The molecule has 1 aromatic rings. The number of carboxylic acid groups (broad SMARTS) is 1. The van der Waals surface area contributed by atoms with Crippen molar-refractivity contribution in [3.8, 4) is 0 Å². The molecule has 0 radical (unpaired) electrons. The Balaban J connectivity index is 1.89.